The van der Waals surface area contributed by atoms with Crippen molar-refractivity contribution in [2.24, 2.45) is 5.92 Å². The average molecular weight is 181 g/mol. The van der Waals surface area contributed by atoms with Gasteiger partial charge in [0.2, 0.25) is 0 Å². The summed E-state index contributed by atoms with van der Waals surface area (Å²) in [5.41, 5.74) is 0. The minimum atomic E-state index is 0.473. The zero-order valence-electron chi connectivity index (χ0n) is 9.05. The molecule has 0 radical (unpaired) electrons. The molecule has 0 amide bonds. The summed E-state index contributed by atoms with van der Waals surface area (Å²) < 4.78 is 0. The van der Waals surface area contributed by atoms with Crippen LogP contribution in [0.4, 0.5) is 0 Å². The summed E-state index contributed by atoms with van der Waals surface area (Å²) in [6, 6.07) is 1.22. The maximum Gasteiger partial charge on any atom is 0.0221 e. The van der Waals surface area contributed by atoms with Crippen molar-refractivity contribution in [1.82, 2.24) is 5.32 Å². The molecule has 1 aliphatic carbocycles. The Labute approximate surface area is 82.6 Å². The second-order valence-electron chi connectivity index (χ2n) is 4.33. The van der Waals surface area contributed by atoms with E-state index in [9.17, 15) is 0 Å². The monoisotopic (exact) mass is 181 g/mol. The summed E-state index contributed by atoms with van der Waals surface area (Å²) >= 11 is 0. The van der Waals surface area contributed by atoms with Crippen molar-refractivity contribution in [3.8, 4) is 0 Å². The fourth-order valence-electron chi connectivity index (χ4n) is 2.25. The Balaban J connectivity index is 2.29. The molecular formula is C12H23N. The van der Waals surface area contributed by atoms with Crippen molar-refractivity contribution < 1.29 is 0 Å². The number of hydrogen-bond donors (Lipinski definition) is 1. The van der Waals surface area contributed by atoms with Crippen molar-refractivity contribution in [2.45, 2.75) is 58.0 Å². The van der Waals surface area contributed by atoms with Crippen LogP contribution in [0.3, 0.4) is 0 Å². The molecule has 0 aromatic rings. The highest BCUT2D eigenvalue weighted by molar-refractivity contribution is 4.86. The molecule has 0 aromatic heterocycles. The molecule has 1 aliphatic rings. The predicted molar refractivity (Wildman–Crippen MR) is 58.8 cm³/mol. The van der Waals surface area contributed by atoms with Gasteiger partial charge in [-0.2, -0.15) is 0 Å². The fraction of sp³-hybridized carbons (Fsp3) is 0.833. The zero-order chi connectivity index (χ0) is 9.68. The Bertz CT molecular complexity index is 153. The van der Waals surface area contributed by atoms with Crippen LogP contribution >= 0.6 is 0 Å². The van der Waals surface area contributed by atoms with Crippen LogP contribution in [0.1, 0.15) is 46.0 Å². The SMILES string of the molecule is C=CC(C)NC1CCCC(CC)C1. The third-order valence-electron chi connectivity index (χ3n) is 3.21. The minimum Gasteiger partial charge on any atom is -0.308 e. The van der Waals surface area contributed by atoms with Crippen molar-refractivity contribution in [3.63, 3.8) is 0 Å². The van der Waals surface area contributed by atoms with Gasteiger partial charge in [0.05, 0.1) is 0 Å². The molecule has 0 saturated heterocycles. The molecule has 3 unspecified atom stereocenters. The molecule has 0 aliphatic heterocycles. The predicted octanol–water partition coefficient (Wildman–Crippen LogP) is 3.12. The van der Waals surface area contributed by atoms with Gasteiger partial charge < -0.3 is 5.32 Å². The van der Waals surface area contributed by atoms with E-state index in [0.29, 0.717) is 6.04 Å². The highest BCUT2D eigenvalue weighted by atomic mass is 14.9. The van der Waals surface area contributed by atoms with E-state index in [0.717, 1.165) is 12.0 Å². The van der Waals surface area contributed by atoms with E-state index < -0.39 is 0 Å². The van der Waals surface area contributed by atoms with Crippen LogP contribution in [-0.4, -0.2) is 12.1 Å². The summed E-state index contributed by atoms with van der Waals surface area (Å²) in [5.74, 6) is 0.961. The molecule has 76 valence electrons. The molecule has 0 heterocycles. The van der Waals surface area contributed by atoms with Gasteiger partial charge in [-0.1, -0.05) is 32.3 Å². The molecule has 1 nitrogen and oxygen atoms in total. The van der Waals surface area contributed by atoms with E-state index in [-0.39, 0.29) is 0 Å². The van der Waals surface area contributed by atoms with Gasteiger partial charge >= 0.3 is 0 Å². The first-order chi connectivity index (χ1) is 6.26. The Morgan fingerprint density at radius 3 is 2.92 bits per heavy atom. The lowest BCUT2D eigenvalue weighted by atomic mass is 9.84. The van der Waals surface area contributed by atoms with Crippen LogP contribution in [0.5, 0.6) is 0 Å². The first kappa shape index (κ1) is 10.8. The average Bonchev–Trinajstić information content (AvgIpc) is 2.18. The topological polar surface area (TPSA) is 12.0 Å². The van der Waals surface area contributed by atoms with Crippen LogP contribution in [0.2, 0.25) is 0 Å². The van der Waals surface area contributed by atoms with Crippen molar-refractivity contribution in [2.75, 3.05) is 0 Å². The minimum absolute atomic E-state index is 0.473. The van der Waals surface area contributed by atoms with Crippen LogP contribution in [0.25, 0.3) is 0 Å². The van der Waals surface area contributed by atoms with Gasteiger partial charge in [-0.05, 0) is 25.7 Å². The molecule has 1 saturated carbocycles. The Hall–Kier alpha value is -0.300. The smallest absolute Gasteiger partial charge is 0.0221 e. The second kappa shape index (κ2) is 5.43. The van der Waals surface area contributed by atoms with Gasteiger partial charge in [-0.25, -0.2) is 0 Å². The third kappa shape index (κ3) is 3.51. The molecule has 0 aromatic carbocycles. The van der Waals surface area contributed by atoms with Crippen molar-refractivity contribution in [1.29, 1.82) is 0 Å². The van der Waals surface area contributed by atoms with Gasteiger partial charge in [0.15, 0.2) is 0 Å². The normalized spacial score (nSPS) is 31.2. The molecule has 0 spiro atoms. The number of rotatable bonds is 4. The summed E-state index contributed by atoms with van der Waals surface area (Å²) in [4.78, 5) is 0. The Morgan fingerprint density at radius 2 is 2.31 bits per heavy atom. The van der Waals surface area contributed by atoms with Crippen LogP contribution < -0.4 is 5.32 Å². The summed E-state index contributed by atoms with van der Waals surface area (Å²) in [7, 11) is 0. The van der Waals surface area contributed by atoms with Crippen LogP contribution in [0, 0.1) is 5.92 Å². The highest BCUT2D eigenvalue weighted by Gasteiger charge is 2.20. The van der Waals surface area contributed by atoms with Crippen molar-refractivity contribution >= 4 is 0 Å². The van der Waals surface area contributed by atoms with E-state index in [2.05, 4.69) is 25.7 Å². The Kier molecular flexibility index (Phi) is 4.51. The lowest BCUT2D eigenvalue weighted by Crippen LogP contribution is -2.38. The lowest BCUT2D eigenvalue weighted by molar-refractivity contribution is 0.273. The van der Waals surface area contributed by atoms with E-state index in [1.165, 1.54) is 32.1 Å². The van der Waals surface area contributed by atoms with E-state index in [1.54, 1.807) is 0 Å². The van der Waals surface area contributed by atoms with E-state index >= 15 is 0 Å². The molecular weight excluding hydrogens is 158 g/mol. The van der Waals surface area contributed by atoms with Gasteiger partial charge in [0.25, 0.3) is 0 Å². The maximum atomic E-state index is 3.80. The quantitative estimate of drug-likeness (QED) is 0.657. The fourth-order valence-corrected chi connectivity index (χ4v) is 2.25. The van der Waals surface area contributed by atoms with E-state index in [4.69, 9.17) is 0 Å². The second-order valence-corrected chi connectivity index (χ2v) is 4.33. The molecule has 1 heteroatoms. The highest BCUT2D eigenvalue weighted by Crippen LogP contribution is 2.26. The molecule has 1 N–H and O–H groups in total. The third-order valence-corrected chi connectivity index (χ3v) is 3.21. The standard InChI is InChI=1S/C12H23N/c1-4-10(3)13-12-8-6-7-11(5-2)9-12/h4,10-13H,1,5-9H2,2-3H3. The lowest BCUT2D eigenvalue weighted by Gasteiger charge is -2.30. The first-order valence-corrected chi connectivity index (χ1v) is 5.64. The molecule has 1 fully saturated rings. The van der Waals surface area contributed by atoms with Gasteiger partial charge in [0, 0.05) is 12.1 Å². The zero-order valence-corrected chi connectivity index (χ0v) is 9.05. The molecule has 1 rings (SSSR count). The largest absolute Gasteiger partial charge is 0.308 e. The summed E-state index contributed by atoms with van der Waals surface area (Å²) in [6.45, 7) is 8.30. The van der Waals surface area contributed by atoms with Gasteiger partial charge in [-0.3, -0.25) is 0 Å². The number of hydrogen-bond acceptors (Lipinski definition) is 1. The van der Waals surface area contributed by atoms with Gasteiger partial charge in [-0.15, -0.1) is 6.58 Å². The summed E-state index contributed by atoms with van der Waals surface area (Å²) in [5, 5.41) is 3.61. The van der Waals surface area contributed by atoms with Crippen LogP contribution in [-0.2, 0) is 0 Å². The van der Waals surface area contributed by atoms with Crippen LogP contribution in [0.15, 0.2) is 12.7 Å². The first-order valence-electron chi connectivity index (χ1n) is 5.64. The van der Waals surface area contributed by atoms with Gasteiger partial charge in [0.1, 0.15) is 0 Å². The van der Waals surface area contributed by atoms with E-state index in [1.807, 2.05) is 6.08 Å². The molecule has 13 heavy (non-hydrogen) atoms. The number of nitrogens with one attached hydrogen (secondary N) is 1. The molecule has 0 bridgehead atoms. The van der Waals surface area contributed by atoms with Crippen molar-refractivity contribution in [3.05, 3.63) is 12.7 Å². The Morgan fingerprint density at radius 1 is 1.54 bits per heavy atom. The molecule has 3 atom stereocenters. The summed E-state index contributed by atoms with van der Waals surface area (Å²) in [6.07, 6.45) is 8.91. The maximum absolute atomic E-state index is 3.80.